The molecule has 0 saturated carbocycles. The summed E-state index contributed by atoms with van der Waals surface area (Å²) < 4.78 is 66.4. The molecule has 2 atom stereocenters. The van der Waals surface area contributed by atoms with E-state index in [4.69, 9.17) is 0 Å². The molecule has 0 aliphatic rings. The number of alkyl halides is 3. The molecule has 42 heavy (non-hydrogen) atoms. The number of nitrogens with one attached hydrogen (secondary N) is 2. The Morgan fingerprint density at radius 1 is 0.881 bits per heavy atom. The summed E-state index contributed by atoms with van der Waals surface area (Å²) in [6.07, 6.45) is -4.47. The molecule has 4 aromatic rings. The number of carboxylic acids is 1. The van der Waals surface area contributed by atoms with Gasteiger partial charge in [-0.2, -0.15) is 22.9 Å². The minimum absolute atomic E-state index is 0.0755. The smallest absolute Gasteiger partial charge is 0.462 e. The highest BCUT2D eigenvalue weighted by molar-refractivity contribution is 7.89. The molecule has 3 aromatic carbocycles. The van der Waals surface area contributed by atoms with Gasteiger partial charge >= 0.3 is 17.4 Å². The highest BCUT2D eigenvalue weighted by Crippen LogP contribution is 2.37. The molecule has 0 bridgehead atoms. The lowest BCUT2D eigenvalue weighted by Gasteiger charge is -2.18. The van der Waals surface area contributed by atoms with E-state index < -0.39 is 50.2 Å². The fraction of sp³-hybridized carbons (Fsp3) is 0.207. The summed E-state index contributed by atoms with van der Waals surface area (Å²) in [4.78, 5) is 28.8. The Balaban J connectivity index is 1.48. The van der Waals surface area contributed by atoms with Crippen LogP contribution in [0.25, 0.3) is 21.7 Å². The van der Waals surface area contributed by atoms with Gasteiger partial charge in [-0.3, -0.25) is 10.1 Å². The van der Waals surface area contributed by atoms with Crippen molar-refractivity contribution in [2.24, 2.45) is 5.92 Å². The summed E-state index contributed by atoms with van der Waals surface area (Å²) in [6, 6.07) is 16.0. The Bertz CT molecular complexity index is 1700. The first-order valence-corrected chi connectivity index (χ1v) is 15.4. The number of thiazole rings is 1. The number of halogens is 3. The minimum Gasteiger partial charge on any atom is -0.480 e. The quantitative estimate of drug-likeness (QED) is 0.174. The zero-order valence-electron chi connectivity index (χ0n) is 22.6. The third kappa shape index (κ3) is 7.04. The largest absolute Gasteiger partial charge is 0.480 e. The second-order valence-corrected chi connectivity index (χ2v) is 13.2. The fourth-order valence-electron chi connectivity index (χ4n) is 4.05. The van der Waals surface area contributed by atoms with Crippen LogP contribution in [-0.4, -0.2) is 35.8 Å². The van der Waals surface area contributed by atoms with Gasteiger partial charge < -0.3 is 5.11 Å². The number of amides is 1. The van der Waals surface area contributed by atoms with Crippen LogP contribution in [0.5, 0.6) is 0 Å². The number of carbonyl (C=O) groups is 2. The van der Waals surface area contributed by atoms with E-state index in [1.807, 2.05) is 0 Å². The number of rotatable bonds is 9. The first kappa shape index (κ1) is 30.9. The first-order valence-electron chi connectivity index (χ1n) is 12.6. The van der Waals surface area contributed by atoms with Crippen molar-refractivity contribution in [2.45, 2.75) is 37.9 Å². The van der Waals surface area contributed by atoms with Crippen molar-refractivity contribution in [3.05, 3.63) is 89.4 Å². The molecular formula is C29H27F3N3O5S2+. The number of hydrogen-bond acceptors (Lipinski definition) is 5. The van der Waals surface area contributed by atoms with Crippen LogP contribution in [0.2, 0.25) is 0 Å². The summed E-state index contributed by atoms with van der Waals surface area (Å²) in [7, 11) is -5.18. The molecule has 0 radical (unpaired) electrons. The molecule has 0 fully saturated rings. The predicted molar refractivity (Wildman–Crippen MR) is 155 cm³/mol. The van der Waals surface area contributed by atoms with Crippen LogP contribution >= 0.6 is 10.5 Å². The van der Waals surface area contributed by atoms with Gasteiger partial charge in [0.15, 0.2) is 5.38 Å². The maximum Gasteiger partial charge on any atom is 0.462 e. The zero-order chi connectivity index (χ0) is 30.8. The molecule has 1 aromatic heterocycles. The standard InChI is InChI=1S/C29H26F3N3O5S2/c1-17(2)25(27(36)37)35-42(39,40)24-14-8-20(9-15-24)19-6-12-23(13-7-19)34-28(38)41-16-18(3)33-26(41)21-4-10-22(11-5-21)29(30,31)32/h4-17,25,35H,1-3H3,(H-,34,36,37,38)/p+1/t25-,41?/m0/s1. The second kappa shape index (κ2) is 12.0. The molecule has 1 unspecified atom stereocenters. The molecule has 0 aliphatic carbocycles. The third-order valence-corrected chi connectivity index (χ3v) is 9.56. The van der Waals surface area contributed by atoms with Crippen LogP contribution in [0.15, 0.2) is 83.1 Å². The number of carbonyl (C=O) groups excluding carboxylic acids is 1. The van der Waals surface area contributed by atoms with Crippen molar-refractivity contribution < 1.29 is 36.3 Å². The first-order chi connectivity index (χ1) is 19.7. The summed E-state index contributed by atoms with van der Waals surface area (Å²) in [5.41, 5.74) is 2.14. The average molecular weight is 619 g/mol. The van der Waals surface area contributed by atoms with Gasteiger partial charge in [-0.25, -0.2) is 13.2 Å². The third-order valence-electron chi connectivity index (χ3n) is 6.28. The van der Waals surface area contributed by atoms with Gasteiger partial charge in [0, 0.05) is 5.69 Å². The van der Waals surface area contributed by atoms with Crippen LogP contribution in [0.3, 0.4) is 0 Å². The molecule has 0 saturated heterocycles. The number of aryl methyl sites for hydroxylation is 1. The maximum atomic E-state index is 13.1. The molecule has 0 aliphatic heterocycles. The molecular weight excluding hydrogens is 591 g/mol. The normalized spacial score (nSPS) is 13.2. The van der Waals surface area contributed by atoms with Gasteiger partial charge in [-0.05, 0) is 72.5 Å². The predicted octanol–water partition coefficient (Wildman–Crippen LogP) is 6.96. The highest BCUT2D eigenvalue weighted by Gasteiger charge is 2.32. The van der Waals surface area contributed by atoms with Crippen molar-refractivity contribution in [2.75, 3.05) is 5.32 Å². The van der Waals surface area contributed by atoms with E-state index in [0.717, 1.165) is 17.7 Å². The van der Waals surface area contributed by atoms with Gasteiger partial charge in [0.2, 0.25) is 10.0 Å². The number of hydrogen-bond donors (Lipinski definition) is 3. The van der Waals surface area contributed by atoms with E-state index in [9.17, 15) is 36.3 Å². The molecule has 0 spiro atoms. The summed E-state index contributed by atoms with van der Waals surface area (Å²) in [6.45, 7) is 4.92. The Morgan fingerprint density at radius 2 is 1.40 bits per heavy atom. The molecule has 1 heterocycles. The zero-order valence-corrected chi connectivity index (χ0v) is 24.3. The lowest BCUT2D eigenvalue weighted by Crippen LogP contribution is -2.44. The number of nitrogens with zero attached hydrogens (tertiary/aromatic N) is 1. The van der Waals surface area contributed by atoms with Crippen LogP contribution in [0.1, 0.15) is 25.1 Å². The van der Waals surface area contributed by atoms with E-state index >= 15 is 0 Å². The van der Waals surface area contributed by atoms with Gasteiger partial charge in [-0.1, -0.05) is 38.1 Å². The lowest BCUT2D eigenvalue weighted by molar-refractivity contribution is -0.140. The van der Waals surface area contributed by atoms with E-state index in [2.05, 4.69) is 15.0 Å². The Kier molecular flexibility index (Phi) is 8.85. The number of benzene rings is 3. The molecule has 220 valence electrons. The van der Waals surface area contributed by atoms with Crippen LogP contribution in [0, 0.1) is 12.8 Å². The van der Waals surface area contributed by atoms with Crippen molar-refractivity contribution in [1.82, 2.24) is 9.71 Å². The molecule has 8 nitrogen and oxygen atoms in total. The lowest BCUT2D eigenvalue weighted by atomic mass is 10.1. The molecule has 4 rings (SSSR count). The van der Waals surface area contributed by atoms with Gasteiger partial charge in [0.1, 0.15) is 16.5 Å². The summed E-state index contributed by atoms with van der Waals surface area (Å²) in [5.74, 6) is -1.71. The Labute approximate surface area is 243 Å². The summed E-state index contributed by atoms with van der Waals surface area (Å²) in [5, 5.41) is 13.8. The topological polar surface area (TPSA) is 125 Å². The highest BCUT2D eigenvalue weighted by atomic mass is 32.2. The molecule has 3 N–H and O–H groups in total. The number of carboxylic acid groups (broad SMARTS) is 1. The van der Waals surface area contributed by atoms with Crippen LogP contribution in [-0.2, 0) is 21.0 Å². The van der Waals surface area contributed by atoms with E-state index in [-0.39, 0.29) is 10.1 Å². The van der Waals surface area contributed by atoms with Gasteiger partial charge in [-0.15, -0.1) is 0 Å². The fourth-order valence-corrected chi connectivity index (χ4v) is 7.03. The van der Waals surface area contributed by atoms with Gasteiger partial charge in [0.25, 0.3) is 5.01 Å². The minimum atomic E-state index is -4.47. The monoisotopic (exact) mass is 618 g/mol. The van der Waals surface area contributed by atoms with E-state index in [1.54, 1.807) is 62.5 Å². The second-order valence-electron chi connectivity index (χ2n) is 9.78. The summed E-state index contributed by atoms with van der Waals surface area (Å²) >= 11 is 0. The molecule has 13 heteroatoms. The number of aliphatic carboxylic acids is 1. The maximum absolute atomic E-state index is 13.1. The Hall–Kier alpha value is -4.07. The van der Waals surface area contributed by atoms with E-state index in [0.29, 0.717) is 27.5 Å². The van der Waals surface area contributed by atoms with Crippen molar-refractivity contribution >= 4 is 37.4 Å². The number of aromatic nitrogens is 1. The van der Waals surface area contributed by atoms with Crippen LogP contribution < -0.4 is 10.0 Å². The van der Waals surface area contributed by atoms with Crippen molar-refractivity contribution in [3.63, 3.8) is 0 Å². The van der Waals surface area contributed by atoms with Gasteiger partial charge in [0.05, 0.1) is 21.7 Å². The van der Waals surface area contributed by atoms with Crippen molar-refractivity contribution in [3.8, 4) is 21.7 Å². The Morgan fingerprint density at radius 3 is 1.90 bits per heavy atom. The number of sulfonamides is 1. The number of anilines is 1. The SMILES string of the molecule is Cc1c[s+](C(=O)Nc2ccc(-c3ccc(S(=O)(=O)N[C@H](C(=O)O)C(C)C)cc3)cc2)c(-c2ccc(C(F)(F)F)cc2)n1. The molecule has 1 amide bonds. The average Bonchev–Trinajstić information content (AvgIpc) is 3.33. The van der Waals surface area contributed by atoms with Crippen molar-refractivity contribution in [1.29, 1.82) is 0 Å². The van der Waals surface area contributed by atoms with Crippen LogP contribution in [0.4, 0.5) is 23.7 Å². The van der Waals surface area contributed by atoms with E-state index in [1.165, 1.54) is 24.3 Å².